The summed E-state index contributed by atoms with van der Waals surface area (Å²) in [6.45, 7) is 4.21. The second-order valence-corrected chi connectivity index (χ2v) is 5.99. The minimum atomic E-state index is -0.724. The van der Waals surface area contributed by atoms with Crippen LogP contribution >= 0.6 is 0 Å². The molecule has 7 heteroatoms. The van der Waals surface area contributed by atoms with Gasteiger partial charge < -0.3 is 5.32 Å². The molecule has 3 rings (SSSR count). The number of fused-ring (bicyclic) bond motifs is 1. The van der Waals surface area contributed by atoms with E-state index in [0.717, 1.165) is 11.1 Å². The Morgan fingerprint density at radius 3 is 2.54 bits per heavy atom. The third-order valence-electron chi connectivity index (χ3n) is 4.34. The lowest BCUT2D eigenvalue weighted by Crippen LogP contribution is -2.44. The van der Waals surface area contributed by atoms with E-state index in [4.69, 9.17) is 0 Å². The monoisotopic (exact) mass is 352 g/mol. The molecule has 26 heavy (non-hydrogen) atoms. The summed E-state index contributed by atoms with van der Waals surface area (Å²) >= 11 is 0. The maximum absolute atomic E-state index is 12.4. The number of carbonyl (C=O) groups excluding carboxylic acids is 1. The summed E-state index contributed by atoms with van der Waals surface area (Å²) < 4.78 is 2.50. The lowest BCUT2D eigenvalue weighted by molar-refractivity contribution is -0.121. The second-order valence-electron chi connectivity index (χ2n) is 5.99. The number of aryl methyl sites for hydroxylation is 2. The first kappa shape index (κ1) is 17.6. The van der Waals surface area contributed by atoms with Crippen LogP contribution in [0.4, 0.5) is 0 Å². The van der Waals surface area contributed by atoms with Crippen LogP contribution in [0.15, 0.2) is 52.2 Å². The topological polar surface area (TPSA) is 86.0 Å². The van der Waals surface area contributed by atoms with Gasteiger partial charge in [-0.1, -0.05) is 24.3 Å². The Morgan fingerprint density at radius 2 is 1.81 bits per heavy atom. The highest BCUT2D eigenvalue weighted by Gasteiger charge is 2.15. The average Bonchev–Trinajstić information content (AvgIpc) is 2.65. The fraction of sp³-hybridized carbons (Fsp3) is 0.263. The van der Waals surface area contributed by atoms with Crippen molar-refractivity contribution in [3.8, 4) is 0 Å². The first-order chi connectivity index (χ1) is 12.5. The molecule has 1 N–H and O–H groups in total. The quantitative estimate of drug-likeness (QED) is 0.699. The Bertz CT molecular complexity index is 1080. The van der Waals surface area contributed by atoms with Crippen molar-refractivity contribution in [2.45, 2.75) is 33.5 Å². The molecule has 7 nitrogen and oxygen atoms in total. The van der Waals surface area contributed by atoms with Crippen molar-refractivity contribution in [1.82, 2.24) is 19.4 Å². The van der Waals surface area contributed by atoms with Crippen molar-refractivity contribution in [2.24, 2.45) is 0 Å². The van der Waals surface area contributed by atoms with Gasteiger partial charge in [-0.05, 0) is 37.1 Å². The van der Waals surface area contributed by atoms with Gasteiger partial charge in [-0.15, -0.1) is 0 Å². The molecule has 2 heterocycles. The lowest BCUT2D eigenvalue weighted by Gasteiger charge is -2.13. The van der Waals surface area contributed by atoms with Crippen LogP contribution in [0.5, 0.6) is 0 Å². The van der Waals surface area contributed by atoms with E-state index in [9.17, 15) is 14.4 Å². The van der Waals surface area contributed by atoms with E-state index in [1.54, 1.807) is 25.3 Å². The molecule has 134 valence electrons. The summed E-state index contributed by atoms with van der Waals surface area (Å²) in [5.74, 6) is -0.339. The third kappa shape index (κ3) is 3.28. The summed E-state index contributed by atoms with van der Waals surface area (Å²) in [6.07, 6.45) is 1.56. The average molecular weight is 352 g/mol. The van der Waals surface area contributed by atoms with Crippen LogP contribution in [0.25, 0.3) is 11.2 Å². The van der Waals surface area contributed by atoms with Gasteiger partial charge in [0, 0.05) is 19.3 Å². The first-order valence-corrected chi connectivity index (χ1v) is 8.42. The normalized spacial score (nSPS) is 10.8. The van der Waals surface area contributed by atoms with Crippen molar-refractivity contribution < 1.29 is 4.79 Å². The van der Waals surface area contributed by atoms with E-state index >= 15 is 0 Å². The highest BCUT2D eigenvalue weighted by atomic mass is 16.2. The summed E-state index contributed by atoms with van der Waals surface area (Å²) in [5, 5.41) is 2.80. The zero-order valence-corrected chi connectivity index (χ0v) is 14.7. The summed E-state index contributed by atoms with van der Waals surface area (Å²) in [6, 6.07) is 11.1. The number of aromatic nitrogens is 3. The molecule has 3 aromatic rings. The lowest BCUT2D eigenvalue weighted by atomic mass is 10.1. The van der Waals surface area contributed by atoms with Crippen molar-refractivity contribution in [3.05, 3.63) is 74.4 Å². The minimum absolute atomic E-state index is 0.229. The standard InChI is InChI=1S/C19H20N4O3/c1-3-22-17-15(9-6-10-20-17)23(19(26)18(22)25)12-16(24)21-11-14-8-5-4-7-13(14)2/h4-10H,3,11-12H2,1-2H3,(H,21,24). The predicted octanol–water partition coefficient (Wildman–Crippen LogP) is 1.20. The Labute approximate surface area is 149 Å². The molecular weight excluding hydrogens is 332 g/mol. The van der Waals surface area contributed by atoms with Gasteiger partial charge in [0.1, 0.15) is 6.54 Å². The summed E-state index contributed by atoms with van der Waals surface area (Å²) in [7, 11) is 0. The maximum Gasteiger partial charge on any atom is 0.318 e. The molecule has 0 atom stereocenters. The van der Waals surface area contributed by atoms with E-state index < -0.39 is 11.1 Å². The van der Waals surface area contributed by atoms with Crippen LogP contribution in [0.1, 0.15) is 18.1 Å². The molecule has 0 spiro atoms. The number of pyridine rings is 1. The molecule has 0 aliphatic carbocycles. The van der Waals surface area contributed by atoms with Crippen LogP contribution in [0.2, 0.25) is 0 Å². The van der Waals surface area contributed by atoms with Crippen LogP contribution in [-0.4, -0.2) is 20.0 Å². The van der Waals surface area contributed by atoms with Crippen LogP contribution in [-0.2, 0) is 24.4 Å². The molecule has 0 saturated carbocycles. The number of rotatable bonds is 5. The highest BCUT2D eigenvalue weighted by Crippen LogP contribution is 2.08. The highest BCUT2D eigenvalue weighted by molar-refractivity contribution is 5.78. The molecule has 0 bridgehead atoms. The molecule has 0 aliphatic heterocycles. The second kappa shape index (κ2) is 7.35. The number of nitrogens with zero attached hydrogens (tertiary/aromatic N) is 3. The fourth-order valence-corrected chi connectivity index (χ4v) is 2.90. The van der Waals surface area contributed by atoms with E-state index in [1.165, 1.54) is 9.13 Å². The zero-order valence-electron chi connectivity index (χ0n) is 14.7. The van der Waals surface area contributed by atoms with Crippen molar-refractivity contribution >= 4 is 17.1 Å². The molecule has 0 unspecified atom stereocenters. The number of amides is 1. The van der Waals surface area contributed by atoms with Crippen LogP contribution < -0.4 is 16.4 Å². The van der Waals surface area contributed by atoms with Crippen LogP contribution in [0.3, 0.4) is 0 Å². The Hall–Kier alpha value is -3.22. The van der Waals surface area contributed by atoms with Gasteiger partial charge in [-0.25, -0.2) is 4.98 Å². The number of hydrogen-bond acceptors (Lipinski definition) is 4. The van der Waals surface area contributed by atoms with Crippen LogP contribution in [0, 0.1) is 6.92 Å². The number of benzene rings is 1. The smallest absolute Gasteiger partial charge is 0.318 e. The molecule has 0 saturated heterocycles. The summed E-state index contributed by atoms with van der Waals surface area (Å²) in [5.41, 5.74) is 1.53. The molecule has 1 amide bonds. The molecule has 2 aromatic heterocycles. The Balaban J connectivity index is 1.90. The van der Waals surface area contributed by atoms with E-state index in [-0.39, 0.29) is 12.5 Å². The van der Waals surface area contributed by atoms with Gasteiger partial charge in [0.25, 0.3) is 0 Å². The zero-order chi connectivity index (χ0) is 18.7. The van der Waals surface area contributed by atoms with Gasteiger partial charge in [0.2, 0.25) is 5.91 Å². The molecule has 0 radical (unpaired) electrons. The molecule has 0 fully saturated rings. The molecule has 0 aliphatic rings. The predicted molar refractivity (Wildman–Crippen MR) is 99.0 cm³/mol. The molecule has 1 aromatic carbocycles. The number of nitrogens with one attached hydrogen (secondary N) is 1. The van der Waals surface area contributed by atoms with Crippen molar-refractivity contribution in [1.29, 1.82) is 0 Å². The minimum Gasteiger partial charge on any atom is -0.350 e. The maximum atomic E-state index is 12.4. The van der Waals surface area contributed by atoms with Crippen molar-refractivity contribution in [2.75, 3.05) is 0 Å². The van der Waals surface area contributed by atoms with Crippen molar-refractivity contribution in [3.63, 3.8) is 0 Å². The molecular formula is C19H20N4O3. The van der Waals surface area contributed by atoms with E-state index in [1.807, 2.05) is 31.2 Å². The summed E-state index contributed by atoms with van der Waals surface area (Å²) in [4.78, 5) is 41.3. The SMILES string of the molecule is CCn1c(=O)c(=O)n(CC(=O)NCc2ccccc2C)c2cccnc21. The number of hydrogen-bond donors (Lipinski definition) is 1. The largest absolute Gasteiger partial charge is 0.350 e. The Kier molecular flexibility index (Phi) is 4.97. The number of carbonyl (C=O) groups is 1. The Morgan fingerprint density at radius 1 is 1.08 bits per heavy atom. The van der Waals surface area contributed by atoms with E-state index in [0.29, 0.717) is 24.3 Å². The van der Waals surface area contributed by atoms with Gasteiger partial charge >= 0.3 is 11.1 Å². The fourth-order valence-electron chi connectivity index (χ4n) is 2.90. The third-order valence-corrected chi connectivity index (χ3v) is 4.34. The van der Waals surface area contributed by atoms with Gasteiger partial charge in [-0.3, -0.25) is 23.5 Å². The van der Waals surface area contributed by atoms with Gasteiger partial charge in [0.05, 0.1) is 5.52 Å². The van der Waals surface area contributed by atoms with Gasteiger partial charge in [0.15, 0.2) is 5.65 Å². The first-order valence-electron chi connectivity index (χ1n) is 8.42. The van der Waals surface area contributed by atoms with Gasteiger partial charge in [-0.2, -0.15) is 0 Å². The van der Waals surface area contributed by atoms with E-state index in [2.05, 4.69) is 10.3 Å².